The number of benzene rings is 1. The Morgan fingerprint density at radius 2 is 2.27 bits per heavy atom. The van der Waals surface area contributed by atoms with E-state index in [1.807, 2.05) is 17.8 Å². The van der Waals surface area contributed by atoms with Gasteiger partial charge >= 0.3 is 0 Å². The van der Waals surface area contributed by atoms with Crippen LogP contribution in [0.2, 0.25) is 0 Å². The first kappa shape index (κ1) is 10.8. The number of fused-ring (bicyclic) bond motifs is 1. The van der Waals surface area contributed by atoms with Gasteiger partial charge in [-0.15, -0.1) is 0 Å². The van der Waals surface area contributed by atoms with Crippen LogP contribution in [0.15, 0.2) is 24.3 Å². The van der Waals surface area contributed by atoms with E-state index in [1.165, 1.54) is 10.4 Å². The first-order valence-corrected chi connectivity index (χ1v) is 6.98. The fourth-order valence-corrected chi connectivity index (χ4v) is 2.35. The lowest BCUT2D eigenvalue weighted by Gasteiger charge is -2.08. The second-order valence-corrected chi connectivity index (χ2v) is 5.51. The summed E-state index contributed by atoms with van der Waals surface area (Å²) in [6.45, 7) is 3.22. The Kier molecular flexibility index (Phi) is 3.49. The van der Waals surface area contributed by atoms with Crippen molar-refractivity contribution in [1.82, 2.24) is 4.37 Å². The number of nitrogens with one attached hydrogen (secondary N) is 1. The van der Waals surface area contributed by atoms with Gasteiger partial charge in [0.25, 0.3) is 0 Å². The molecule has 2 rings (SSSR count). The summed E-state index contributed by atoms with van der Waals surface area (Å²) < 4.78 is 4.39. The molecule has 0 aliphatic rings. The van der Waals surface area contributed by atoms with Crippen LogP contribution in [0.5, 0.6) is 0 Å². The molecule has 4 heteroatoms. The molecule has 2 nitrogen and oxygen atoms in total. The zero-order valence-corrected chi connectivity index (χ0v) is 10.5. The highest BCUT2D eigenvalue weighted by atomic mass is 32.2. The molecule has 0 amide bonds. The van der Waals surface area contributed by atoms with E-state index in [-0.39, 0.29) is 0 Å². The Hall–Kier alpha value is -0.740. The number of aromatic nitrogens is 1. The van der Waals surface area contributed by atoms with Crippen LogP contribution in [0.4, 0.5) is 5.00 Å². The van der Waals surface area contributed by atoms with Crippen LogP contribution < -0.4 is 5.32 Å². The predicted octanol–water partition coefficient (Wildman–Crippen LogP) is 3.46. The minimum atomic E-state index is 0.630. The second-order valence-electron chi connectivity index (χ2n) is 3.46. The van der Waals surface area contributed by atoms with Gasteiger partial charge in [0, 0.05) is 17.2 Å². The Morgan fingerprint density at radius 1 is 1.47 bits per heavy atom. The zero-order chi connectivity index (χ0) is 10.7. The van der Waals surface area contributed by atoms with Gasteiger partial charge in [0.2, 0.25) is 0 Å². The summed E-state index contributed by atoms with van der Waals surface area (Å²) in [5.74, 6) is 0. The van der Waals surface area contributed by atoms with Gasteiger partial charge in [0.15, 0.2) is 0 Å². The van der Waals surface area contributed by atoms with Crippen molar-refractivity contribution in [1.29, 1.82) is 0 Å². The molecule has 0 bridgehead atoms. The maximum Gasteiger partial charge on any atom is 0.117 e. The van der Waals surface area contributed by atoms with Gasteiger partial charge in [-0.25, -0.2) is 0 Å². The van der Waals surface area contributed by atoms with Gasteiger partial charge in [-0.1, -0.05) is 19.1 Å². The lowest BCUT2D eigenvalue weighted by atomic mass is 10.2. The van der Waals surface area contributed by atoms with Gasteiger partial charge in [0.05, 0.1) is 5.52 Å². The first-order valence-electron chi connectivity index (χ1n) is 4.92. The molecule has 0 saturated carbocycles. The molecule has 0 aliphatic carbocycles. The fraction of sp³-hybridized carbons (Fsp3) is 0.364. The quantitative estimate of drug-likeness (QED) is 0.883. The number of nitrogens with zero attached hydrogens (tertiary/aromatic N) is 1. The van der Waals surface area contributed by atoms with Crippen molar-refractivity contribution in [2.45, 2.75) is 12.2 Å². The van der Waals surface area contributed by atoms with E-state index >= 15 is 0 Å². The van der Waals surface area contributed by atoms with Gasteiger partial charge in [-0.05, 0) is 29.9 Å². The third kappa shape index (κ3) is 2.44. The third-order valence-corrected chi connectivity index (χ3v) is 4.14. The number of rotatable bonds is 4. The maximum absolute atomic E-state index is 4.39. The van der Waals surface area contributed by atoms with Crippen LogP contribution in [0, 0.1) is 0 Å². The summed E-state index contributed by atoms with van der Waals surface area (Å²) in [5, 5.41) is 6.50. The smallest absolute Gasteiger partial charge is 0.117 e. The van der Waals surface area contributed by atoms with Crippen LogP contribution >= 0.6 is 23.3 Å². The molecule has 0 aliphatic heterocycles. The Morgan fingerprint density at radius 3 is 3.07 bits per heavy atom. The highest BCUT2D eigenvalue weighted by molar-refractivity contribution is 7.99. The van der Waals surface area contributed by atoms with Gasteiger partial charge < -0.3 is 5.32 Å². The SMILES string of the molecule is CSC(C)CNc1snc2ccccc12. The zero-order valence-electron chi connectivity index (χ0n) is 8.86. The molecule has 0 spiro atoms. The van der Waals surface area contributed by atoms with Gasteiger partial charge in [-0.3, -0.25) is 0 Å². The van der Waals surface area contributed by atoms with E-state index < -0.39 is 0 Å². The molecular weight excluding hydrogens is 224 g/mol. The van der Waals surface area contributed by atoms with E-state index in [4.69, 9.17) is 0 Å². The topological polar surface area (TPSA) is 24.9 Å². The summed E-state index contributed by atoms with van der Waals surface area (Å²) in [6, 6.07) is 8.25. The molecular formula is C11H14N2S2. The largest absolute Gasteiger partial charge is 0.374 e. The van der Waals surface area contributed by atoms with E-state index in [2.05, 4.69) is 41.1 Å². The van der Waals surface area contributed by atoms with Crippen LogP contribution in [0.3, 0.4) is 0 Å². The number of thioether (sulfide) groups is 1. The van der Waals surface area contributed by atoms with Gasteiger partial charge in [-0.2, -0.15) is 16.1 Å². The summed E-state index contributed by atoms with van der Waals surface area (Å²) in [4.78, 5) is 0. The molecule has 80 valence electrons. The molecule has 1 atom stereocenters. The Balaban J connectivity index is 2.14. The van der Waals surface area contributed by atoms with Crippen LogP contribution in [0.1, 0.15) is 6.92 Å². The van der Waals surface area contributed by atoms with Crippen LogP contribution in [-0.2, 0) is 0 Å². The fourth-order valence-electron chi connectivity index (χ4n) is 1.34. The average molecular weight is 238 g/mol. The minimum Gasteiger partial charge on any atom is -0.374 e. The summed E-state index contributed by atoms with van der Waals surface area (Å²) in [5.41, 5.74) is 1.09. The first-order chi connectivity index (χ1) is 7.31. The highest BCUT2D eigenvalue weighted by Gasteiger charge is 2.05. The highest BCUT2D eigenvalue weighted by Crippen LogP contribution is 2.27. The Labute approximate surface area is 98.2 Å². The van der Waals surface area contributed by atoms with Crippen LogP contribution in [0.25, 0.3) is 10.9 Å². The number of hydrogen-bond acceptors (Lipinski definition) is 4. The van der Waals surface area contributed by atoms with Crippen molar-refractivity contribution in [2.75, 3.05) is 18.1 Å². The molecule has 1 aromatic carbocycles. The molecule has 2 aromatic rings. The number of hydrogen-bond donors (Lipinski definition) is 1. The van der Waals surface area contributed by atoms with Crippen molar-refractivity contribution < 1.29 is 0 Å². The van der Waals surface area contributed by atoms with Crippen molar-refractivity contribution in [3.8, 4) is 0 Å². The lowest BCUT2D eigenvalue weighted by Crippen LogP contribution is -2.11. The predicted molar refractivity (Wildman–Crippen MR) is 71.1 cm³/mol. The third-order valence-electron chi connectivity index (χ3n) is 2.34. The van der Waals surface area contributed by atoms with Crippen molar-refractivity contribution in [2.24, 2.45) is 0 Å². The molecule has 0 saturated heterocycles. The monoisotopic (exact) mass is 238 g/mol. The van der Waals surface area contributed by atoms with Crippen molar-refractivity contribution in [3.05, 3.63) is 24.3 Å². The lowest BCUT2D eigenvalue weighted by molar-refractivity contribution is 1.01. The molecule has 1 unspecified atom stereocenters. The minimum absolute atomic E-state index is 0.630. The van der Waals surface area contributed by atoms with E-state index in [1.54, 1.807) is 11.5 Å². The normalized spacial score (nSPS) is 12.9. The van der Waals surface area contributed by atoms with Crippen molar-refractivity contribution >= 4 is 39.2 Å². The molecule has 1 heterocycles. The van der Waals surface area contributed by atoms with Gasteiger partial charge in [0.1, 0.15) is 5.00 Å². The van der Waals surface area contributed by atoms with E-state index in [0.717, 1.165) is 12.1 Å². The summed E-state index contributed by atoms with van der Waals surface area (Å²) in [7, 11) is 0. The standard InChI is InChI=1S/C11H14N2S2/c1-8(14-2)7-12-11-9-5-3-4-6-10(9)13-15-11/h3-6,8,12H,7H2,1-2H3. The van der Waals surface area contributed by atoms with E-state index in [9.17, 15) is 0 Å². The summed E-state index contributed by atoms with van der Waals surface area (Å²) >= 11 is 3.42. The average Bonchev–Trinajstić information content (AvgIpc) is 2.69. The molecule has 0 fully saturated rings. The number of anilines is 1. The van der Waals surface area contributed by atoms with E-state index in [0.29, 0.717) is 5.25 Å². The maximum atomic E-state index is 4.39. The summed E-state index contributed by atoms with van der Waals surface area (Å²) in [6.07, 6.45) is 2.14. The molecule has 1 aromatic heterocycles. The van der Waals surface area contributed by atoms with Crippen LogP contribution in [-0.4, -0.2) is 22.4 Å². The second kappa shape index (κ2) is 4.86. The molecule has 0 radical (unpaired) electrons. The Bertz CT molecular complexity index is 439. The molecule has 1 N–H and O–H groups in total. The van der Waals surface area contributed by atoms with Crippen molar-refractivity contribution in [3.63, 3.8) is 0 Å². The molecule has 15 heavy (non-hydrogen) atoms.